The third-order valence-electron chi connectivity index (χ3n) is 4.45. The highest BCUT2D eigenvalue weighted by molar-refractivity contribution is 5.63. The Morgan fingerprint density at radius 1 is 1.16 bits per heavy atom. The number of hydrogen-bond acceptors (Lipinski definition) is 7. The number of carboxylic acid groups (broad SMARTS) is 2. The number of ether oxygens (including phenoxy) is 1. The lowest BCUT2D eigenvalue weighted by Gasteiger charge is -2.30. The van der Waals surface area contributed by atoms with E-state index in [1.54, 1.807) is 7.11 Å². The summed E-state index contributed by atoms with van der Waals surface area (Å²) >= 11 is 0. The lowest BCUT2D eigenvalue weighted by molar-refractivity contribution is -0.135. The Bertz CT molecular complexity index is 785. The summed E-state index contributed by atoms with van der Waals surface area (Å²) in [6.45, 7) is 5.15. The molecule has 1 aliphatic heterocycles. The smallest absolute Gasteiger partial charge is 0.300 e. The lowest BCUT2D eigenvalue weighted by atomic mass is 10.1. The molecule has 0 amide bonds. The summed E-state index contributed by atoms with van der Waals surface area (Å²) in [5.74, 6) is 0.955. The van der Waals surface area contributed by atoms with E-state index in [4.69, 9.17) is 24.5 Å². The molecule has 0 unspecified atom stereocenters. The number of para-hydroxylation sites is 1. The zero-order valence-electron chi connectivity index (χ0n) is 18.6. The van der Waals surface area contributed by atoms with Crippen molar-refractivity contribution in [3.63, 3.8) is 0 Å². The van der Waals surface area contributed by atoms with Gasteiger partial charge in [0.2, 0.25) is 0 Å². The molecular formula is C21H33N5O5. The maximum Gasteiger partial charge on any atom is 0.300 e. The molecule has 0 spiro atoms. The van der Waals surface area contributed by atoms with Crippen LogP contribution < -0.4 is 10.1 Å². The summed E-state index contributed by atoms with van der Waals surface area (Å²) in [5, 5.41) is 25.7. The Labute approximate surface area is 182 Å². The van der Waals surface area contributed by atoms with E-state index in [0.717, 1.165) is 56.4 Å². The van der Waals surface area contributed by atoms with Crippen molar-refractivity contribution < 1.29 is 24.5 Å². The van der Waals surface area contributed by atoms with Crippen LogP contribution in [0.3, 0.4) is 0 Å². The average molecular weight is 436 g/mol. The van der Waals surface area contributed by atoms with Crippen molar-refractivity contribution in [3.8, 4) is 5.75 Å². The van der Waals surface area contributed by atoms with E-state index in [9.17, 15) is 0 Å². The normalized spacial score (nSPS) is 13.5. The number of H-pyrrole nitrogens is 1. The number of piperidine rings is 1. The molecule has 0 bridgehead atoms. The van der Waals surface area contributed by atoms with E-state index in [0.29, 0.717) is 12.5 Å². The molecule has 4 N–H and O–H groups in total. The molecule has 10 nitrogen and oxygen atoms in total. The van der Waals surface area contributed by atoms with E-state index in [-0.39, 0.29) is 0 Å². The van der Waals surface area contributed by atoms with Crippen molar-refractivity contribution in [1.82, 2.24) is 25.4 Å². The largest absolute Gasteiger partial charge is 0.496 e. The van der Waals surface area contributed by atoms with Gasteiger partial charge in [0.1, 0.15) is 11.6 Å². The molecule has 3 rings (SSSR count). The number of methoxy groups -OCH3 is 1. The van der Waals surface area contributed by atoms with Gasteiger partial charge >= 0.3 is 0 Å². The first-order valence-electron chi connectivity index (χ1n) is 10.0. The summed E-state index contributed by atoms with van der Waals surface area (Å²) in [7, 11) is 3.85. The molecule has 0 aliphatic carbocycles. The van der Waals surface area contributed by atoms with Crippen LogP contribution in [0.15, 0.2) is 24.3 Å². The molecule has 0 saturated carbocycles. The van der Waals surface area contributed by atoms with Gasteiger partial charge in [-0.15, -0.1) is 0 Å². The fraction of sp³-hybridized carbons (Fsp3) is 0.524. The maximum atomic E-state index is 9.00. The first-order valence-corrected chi connectivity index (χ1v) is 10.0. The second-order valence-electron chi connectivity index (χ2n) is 7.12. The summed E-state index contributed by atoms with van der Waals surface area (Å²) in [6, 6.07) is 8.63. The van der Waals surface area contributed by atoms with Gasteiger partial charge in [0.25, 0.3) is 11.9 Å². The minimum absolute atomic E-state index is 0.618. The van der Waals surface area contributed by atoms with Gasteiger partial charge in [0.15, 0.2) is 5.82 Å². The SMILES string of the molecule is CC(=O)O.CC(=O)O.COc1ccccc1Cc1nc(CN(C)C2CCNCC2)n[nH]1. The fourth-order valence-corrected chi connectivity index (χ4v) is 3.11. The van der Waals surface area contributed by atoms with Gasteiger partial charge in [-0.25, -0.2) is 4.98 Å². The van der Waals surface area contributed by atoms with Crippen LogP contribution in [0.25, 0.3) is 0 Å². The monoisotopic (exact) mass is 435 g/mol. The minimum atomic E-state index is -0.833. The molecule has 2 heterocycles. The van der Waals surface area contributed by atoms with E-state index in [1.807, 2.05) is 18.2 Å². The van der Waals surface area contributed by atoms with Crippen molar-refractivity contribution >= 4 is 11.9 Å². The standard InChI is InChI=1S/C17H25N5O.2C2H4O2/c1-22(14-7-9-18-10-8-14)12-17-19-16(20-21-17)11-13-5-3-4-6-15(13)23-2;2*1-2(3)4/h3-6,14,18H,7-12H2,1-2H3,(H,19,20,21);2*1H3,(H,3,4). The summed E-state index contributed by atoms with van der Waals surface area (Å²) < 4.78 is 5.39. The molecule has 31 heavy (non-hydrogen) atoms. The zero-order valence-corrected chi connectivity index (χ0v) is 18.6. The van der Waals surface area contributed by atoms with Crippen LogP contribution >= 0.6 is 0 Å². The van der Waals surface area contributed by atoms with Gasteiger partial charge in [-0.05, 0) is 39.0 Å². The van der Waals surface area contributed by atoms with E-state index >= 15 is 0 Å². The molecule has 0 atom stereocenters. The number of nitrogens with one attached hydrogen (secondary N) is 2. The second kappa shape index (κ2) is 14.1. The highest BCUT2D eigenvalue weighted by atomic mass is 16.5. The third-order valence-corrected chi connectivity index (χ3v) is 4.45. The topological polar surface area (TPSA) is 141 Å². The van der Waals surface area contributed by atoms with Gasteiger partial charge in [-0.1, -0.05) is 18.2 Å². The number of benzene rings is 1. The molecular weight excluding hydrogens is 402 g/mol. The van der Waals surface area contributed by atoms with Crippen molar-refractivity contribution in [2.45, 2.75) is 45.7 Å². The van der Waals surface area contributed by atoms with Crippen LogP contribution in [0.4, 0.5) is 0 Å². The highest BCUT2D eigenvalue weighted by Gasteiger charge is 2.19. The van der Waals surface area contributed by atoms with Crippen LogP contribution in [0.1, 0.15) is 43.9 Å². The van der Waals surface area contributed by atoms with Gasteiger partial charge in [0, 0.05) is 31.9 Å². The van der Waals surface area contributed by atoms with E-state index in [1.165, 1.54) is 12.8 Å². The number of aromatic amines is 1. The Morgan fingerprint density at radius 2 is 1.74 bits per heavy atom. The van der Waals surface area contributed by atoms with Crippen LogP contribution in [0, 0.1) is 0 Å². The highest BCUT2D eigenvalue weighted by Crippen LogP contribution is 2.19. The van der Waals surface area contributed by atoms with Gasteiger partial charge in [0.05, 0.1) is 13.7 Å². The zero-order chi connectivity index (χ0) is 23.2. The van der Waals surface area contributed by atoms with Crippen LogP contribution in [-0.4, -0.2) is 75.5 Å². The summed E-state index contributed by atoms with van der Waals surface area (Å²) in [6.07, 6.45) is 3.08. The van der Waals surface area contributed by atoms with Gasteiger partial charge in [-0.3, -0.25) is 19.6 Å². The Morgan fingerprint density at radius 3 is 2.32 bits per heavy atom. The van der Waals surface area contributed by atoms with Gasteiger partial charge < -0.3 is 20.3 Å². The van der Waals surface area contributed by atoms with Crippen LogP contribution in [0.5, 0.6) is 5.75 Å². The molecule has 1 aromatic heterocycles. The minimum Gasteiger partial charge on any atom is -0.496 e. The summed E-state index contributed by atoms with van der Waals surface area (Å²) in [5.41, 5.74) is 1.12. The van der Waals surface area contributed by atoms with Crippen molar-refractivity contribution in [2.24, 2.45) is 0 Å². The molecule has 10 heteroatoms. The Hall–Kier alpha value is -2.98. The van der Waals surface area contributed by atoms with E-state index < -0.39 is 11.9 Å². The molecule has 0 radical (unpaired) electrons. The Kier molecular flexibility index (Phi) is 11.9. The summed E-state index contributed by atoms with van der Waals surface area (Å²) in [4.78, 5) is 25.0. The molecule has 172 valence electrons. The van der Waals surface area contributed by atoms with Crippen molar-refractivity contribution in [2.75, 3.05) is 27.2 Å². The second-order valence-corrected chi connectivity index (χ2v) is 7.12. The molecule has 1 saturated heterocycles. The predicted molar refractivity (Wildman–Crippen MR) is 116 cm³/mol. The molecule has 2 aromatic rings. The number of carbonyl (C=O) groups is 2. The van der Waals surface area contributed by atoms with Crippen LogP contribution in [-0.2, 0) is 22.6 Å². The first-order chi connectivity index (χ1) is 14.7. The average Bonchev–Trinajstić information content (AvgIpc) is 3.15. The number of nitrogens with zero attached hydrogens (tertiary/aromatic N) is 3. The maximum absolute atomic E-state index is 9.00. The molecule has 1 aromatic carbocycles. The quantitative estimate of drug-likeness (QED) is 0.534. The number of aliphatic carboxylic acids is 2. The van der Waals surface area contributed by atoms with Crippen LogP contribution in [0.2, 0.25) is 0 Å². The van der Waals surface area contributed by atoms with Gasteiger partial charge in [-0.2, -0.15) is 5.10 Å². The lowest BCUT2D eigenvalue weighted by Crippen LogP contribution is -2.40. The number of carboxylic acids is 2. The van der Waals surface area contributed by atoms with Crippen molar-refractivity contribution in [1.29, 1.82) is 0 Å². The number of aromatic nitrogens is 3. The fourth-order valence-electron chi connectivity index (χ4n) is 3.11. The van der Waals surface area contributed by atoms with Crippen molar-refractivity contribution in [3.05, 3.63) is 41.5 Å². The Balaban J connectivity index is 0.000000519. The molecule has 1 fully saturated rings. The van der Waals surface area contributed by atoms with E-state index in [2.05, 4.69) is 38.5 Å². The first kappa shape index (κ1) is 26.1. The number of rotatable bonds is 6. The molecule has 1 aliphatic rings. The third kappa shape index (κ3) is 11.1. The number of hydrogen-bond donors (Lipinski definition) is 4. The predicted octanol–water partition coefficient (Wildman–Crippen LogP) is 1.77.